The maximum Gasteiger partial charge on any atom is 0.259 e. The van der Waals surface area contributed by atoms with Gasteiger partial charge in [0.25, 0.3) is 10.0 Å². The quantitative estimate of drug-likeness (QED) is 0.770. The highest BCUT2D eigenvalue weighted by Crippen LogP contribution is 2.42. The van der Waals surface area contributed by atoms with Gasteiger partial charge < -0.3 is 9.88 Å². The number of aromatic nitrogens is 2. The van der Waals surface area contributed by atoms with Gasteiger partial charge in [-0.15, -0.1) is 12.4 Å². The number of fused-ring (bicyclic) bond motifs is 1. The van der Waals surface area contributed by atoms with E-state index in [0.717, 1.165) is 13.1 Å². The third-order valence-electron chi connectivity index (χ3n) is 3.34. The minimum atomic E-state index is -3.43. The standard InChI is InChI=1S/C9H14N4O2S.ClH/c1-13-4-8(11-5-13)16(14,15)12-9-6-2-10-3-7(6)9;/h4-7,9-10,12H,2-3H2,1H3;1H. The molecule has 96 valence electrons. The van der Waals surface area contributed by atoms with Crippen LogP contribution in [0, 0.1) is 11.8 Å². The predicted octanol–water partition coefficient (Wildman–Crippen LogP) is -0.662. The van der Waals surface area contributed by atoms with Crippen molar-refractivity contribution in [2.45, 2.75) is 11.1 Å². The molecule has 2 aliphatic rings. The molecule has 0 aromatic carbocycles. The van der Waals surface area contributed by atoms with Crippen molar-refractivity contribution < 1.29 is 8.42 Å². The molecule has 3 rings (SSSR count). The van der Waals surface area contributed by atoms with Crippen molar-refractivity contribution in [2.24, 2.45) is 18.9 Å². The Morgan fingerprint density at radius 2 is 2.12 bits per heavy atom. The molecule has 1 aliphatic carbocycles. The highest BCUT2D eigenvalue weighted by atomic mass is 35.5. The molecule has 8 heteroatoms. The number of hydrogen-bond acceptors (Lipinski definition) is 4. The highest BCUT2D eigenvalue weighted by Gasteiger charge is 2.54. The maximum atomic E-state index is 11.9. The Bertz CT molecular complexity index is 505. The van der Waals surface area contributed by atoms with Crippen molar-refractivity contribution in [1.82, 2.24) is 19.6 Å². The van der Waals surface area contributed by atoms with Gasteiger partial charge in [-0.1, -0.05) is 0 Å². The Labute approximate surface area is 106 Å². The summed E-state index contributed by atoms with van der Waals surface area (Å²) in [7, 11) is -1.68. The molecule has 0 amide bonds. The molecular weight excluding hydrogens is 264 g/mol. The van der Waals surface area contributed by atoms with E-state index in [9.17, 15) is 8.42 Å². The third-order valence-corrected chi connectivity index (χ3v) is 4.68. The van der Waals surface area contributed by atoms with Crippen molar-refractivity contribution in [2.75, 3.05) is 13.1 Å². The van der Waals surface area contributed by atoms with Crippen molar-refractivity contribution in [3.8, 4) is 0 Å². The number of halogens is 1. The molecule has 2 fully saturated rings. The van der Waals surface area contributed by atoms with Gasteiger partial charge in [0.1, 0.15) is 0 Å². The Kier molecular flexibility index (Phi) is 3.19. The van der Waals surface area contributed by atoms with Crippen molar-refractivity contribution >= 4 is 22.4 Å². The largest absolute Gasteiger partial charge is 0.339 e. The number of nitrogens with zero attached hydrogens (tertiary/aromatic N) is 2. The lowest BCUT2D eigenvalue weighted by Crippen LogP contribution is -2.32. The molecule has 2 unspecified atom stereocenters. The molecule has 0 spiro atoms. The first-order valence-corrected chi connectivity index (χ1v) is 6.77. The van der Waals surface area contributed by atoms with Crippen LogP contribution in [0.2, 0.25) is 0 Å². The number of aryl methyl sites for hydroxylation is 1. The van der Waals surface area contributed by atoms with Crippen molar-refractivity contribution in [3.63, 3.8) is 0 Å². The van der Waals surface area contributed by atoms with Gasteiger partial charge in [-0.2, -0.15) is 0 Å². The van der Waals surface area contributed by atoms with Gasteiger partial charge in [0.2, 0.25) is 0 Å². The second kappa shape index (κ2) is 4.24. The van der Waals surface area contributed by atoms with Crippen LogP contribution in [0.1, 0.15) is 0 Å². The number of rotatable bonds is 3. The average molecular weight is 279 g/mol. The Hall–Kier alpha value is -0.630. The molecule has 2 atom stereocenters. The SMILES string of the molecule is Cl.Cn1cnc(S(=O)(=O)NC2C3CNCC32)c1. The van der Waals surface area contributed by atoms with Crippen LogP contribution in [0.25, 0.3) is 0 Å². The van der Waals surface area contributed by atoms with Crippen LogP contribution in [0.3, 0.4) is 0 Å². The predicted molar refractivity (Wildman–Crippen MR) is 64.4 cm³/mol. The van der Waals surface area contributed by atoms with E-state index in [1.54, 1.807) is 11.6 Å². The fourth-order valence-corrected chi connectivity index (χ4v) is 3.68. The molecule has 1 saturated heterocycles. The smallest absolute Gasteiger partial charge is 0.259 e. The lowest BCUT2D eigenvalue weighted by atomic mass is 10.4. The topological polar surface area (TPSA) is 76.0 Å². The number of piperidine rings is 1. The normalized spacial score (nSPS) is 30.8. The maximum absolute atomic E-state index is 11.9. The first kappa shape index (κ1) is 12.8. The monoisotopic (exact) mass is 278 g/mol. The summed E-state index contributed by atoms with van der Waals surface area (Å²) in [5.74, 6) is 0.942. The van der Waals surface area contributed by atoms with E-state index in [1.165, 1.54) is 12.5 Å². The summed E-state index contributed by atoms with van der Waals surface area (Å²) in [4.78, 5) is 3.86. The molecule has 1 aliphatic heterocycles. The van der Waals surface area contributed by atoms with E-state index >= 15 is 0 Å². The average Bonchev–Trinajstić information content (AvgIpc) is 2.68. The summed E-state index contributed by atoms with van der Waals surface area (Å²) < 4.78 is 28.2. The highest BCUT2D eigenvalue weighted by molar-refractivity contribution is 7.89. The van der Waals surface area contributed by atoms with E-state index in [1.807, 2.05) is 0 Å². The van der Waals surface area contributed by atoms with Gasteiger partial charge in [0.05, 0.1) is 6.33 Å². The lowest BCUT2D eigenvalue weighted by molar-refractivity contribution is 0.562. The van der Waals surface area contributed by atoms with Crippen LogP contribution in [-0.4, -0.2) is 37.1 Å². The summed E-state index contributed by atoms with van der Waals surface area (Å²) >= 11 is 0. The van der Waals surface area contributed by atoms with Gasteiger partial charge in [-0.25, -0.2) is 18.1 Å². The number of sulfonamides is 1. The molecule has 0 bridgehead atoms. The van der Waals surface area contributed by atoms with Crippen LogP contribution in [0.15, 0.2) is 17.6 Å². The Balaban J connectivity index is 0.00000108. The Morgan fingerprint density at radius 3 is 2.65 bits per heavy atom. The van der Waals surface area contributed by atoms with Crippen molar-refractivity contribution in [3.05, 3.63) is 12.5 Å². The van der Waals surface area contributed by atoms with Crippen LogP contribution in [0.5, 0.6) is 0 Å². The summed E-state index contributed by atoms with van der Waals surface area (Å²) in [6.07, 6.45) is 3.00. The number of hydrogen-bond donors (Lipinski definition) is 2. The van der Waals surface area contributed by atoms with Gasteiger partial charge >= 0.3 is 0 Å². The third kappa shape index (κ3) is 2.20. The summed E-state index contributed by atoms with van der Waals surface area (Å²) in [6, 6.07) is 0.105. The second-order valence-electron chi connectivity index (χ2n) is 4.51. The van der Waals surface area contributed by atoms with E-state index in [4.69, 9.17) is 0 Å². The number of nitrogens with one attached hydrogen (secondary N) is 2. The molecule has 2 heterocycles. The Morgan fingerprint density at radius 1 is 1.47 bits per heavy atom. The molecule has 1 saturated carbocycles. The van der Waals surface area contributed by atoms with E-state index in [-0.39, 0.29) is 23.5 Å². The van der Waals surface area contributed by atoms with Crippen LogP contribution in [-0.2, 0) is 17.1 Å². The van der Waals surface area contributed by atoms with Crippen LogP contribution in [0.4, 0.5) is 0 Å². The van der Waals surface area contributed by atoms with Crippen molar-refractivity contribution in [1.29, 1.82) is 0 Å². The van der Waals surface area contributed by atoms with E-state index in [0.29, 0.717) is 11.8 Å². The van der Waals surface area contributed by atoms with Gasteiger partial charge in [-0.3, -0.25) is 0 Å². The summed E-state index contributed by atoms with van der Waals surface area (Å²) in [5, 5.41) is 3.33. The lowest BCUT2D eigenvalue weighted by Gasteiger charge is -2.06. The van der Waals surface area contributed by atoms with Crippen LogP contribution >= 0.6 is 12.4 Å². The van der Waals surface area contributed by atoms with E-state index < -0.39 is 10.0 Å². The zero-order chi connectivity index (χ0) is 11.3. The summed E-state index contributed by atoms with van der Waals surface area (Å²) in [6.45, 7) is 1.83. The molecule has 2 N–H and O–H groups in total. The summed E-state index contributed by atoms with van der Waals surface area (Å²) in [5.41, 5.74) is 0. The minimum absolute atomic E-state index is 0. The molecular formula is C9H15ClN4O2S. The molecule has 1 aromatic heterocycles. The zero-order valence-electron chi connectivity index (χ0n) is 9.33. The first-order valence-electron chi connectivity index (χ1n) is 5.29. The second-order valence-corrected chi connectivity index (χ2v) is 6.17. The fourth-order valence-electron chi connectivity index (χ4n) is 2.36. The molecule has 1 aromatic rings. The van der Waals surface area contributed by atoms with E-state index in [2.05, 4.69) is 15.0 Å². The fraction of sp³-hybridized carbons (Fsp3) is 0.667. The minimum Gasteiger partial charge on any atom is -0.339 e. The first-order chi connectivity index (χ1) is 7.58. The van der Waals surface area contributed by atoms with Gasteiger partial charge in [-0.05, 0) is 24.9 Å². The van der Waals surface area contributed by atoms with Crippen LogP contribution < -0.4 is 10.0 Å². The zero-order valence-corrected chi connectivity index (χ0v) is 11.0. The molecule has 0 radical (unpaired) electrons. The van der Waals surface area contributed by atoms with Gasteiger partial charge in [0.15, 0.2) is 5.03 Å². The van der Waals surface area contributed by atoms with Gasteiger partial charge in [0, 0.05) is 19.3 Å². The molecule has 6 nitrogen and oxygen atoms in total. The molecule has 17 heavy (non-hydrogen) atoms. The number of imidazole rings is 1.